The topological polar surface area (TPSA) is 59.9 Å². The maximum atomic E-state index is 12.1. The number of nitrogens with zero attached hydrogens (tertiary/aromatic N) is 1. The Hall–Kier alpha value is -3.83. The number of rotatable bonds is 8. The number of carbonyl (C=O) groups is 1. The molecule has 0 saturated carbocycles. The van der Waals surface area contributed by atoms with Gasteiger partial charge in [-0.2, -0.15) is 0 Å². The van der Waals surface area contributed by atoms with E-state index in [1.54, 1.807) is 6.21 Å². The van der Waals surface area contributed by atoms with Crippen LogP contribution in [0, 0.1) is 6.92 Å². The molecule has 4 aromatic carbocycles. The van der Waals surface area contributed by atoms with Crippen LogP contribution < -0.4 is 10.1 Å². The Labute approximate surface area is 197 Å². The molecule has 4 rings (SSSR count). The number of oxime groups is 1. The molecule has 33 heavy (non-hydrogen) atoms. The first-order chi connectivity index (χ1) is 16.1. The number of halogens is 1. The second-order valence-electron chi connectivity index (χ2n) is 7.54. The van der Waals surface area contributed by atoms with Crippen molar-refractivity contribution in [3.05, 3.63) is 107 Å². The largest absolute Gasteiger partial charge is 0.488 e. The van der Waals surface area contributed by atoms with E-state index < -0.39 is 0 Å². The molecule has 0 aromatic heterocycles. The molecule has 5 nitrogen and oxygen atoms in total. The van der Waals surface area contributed by atoms with Crippen LogP contribution in [-0.4, -0.2) is 18.7 Å². The Morgan fingerprint density at radius 2 is 1.73 bits per heavy atom. The highest BCUT2D eigenvalue weighted by Crippen LogP contribution is 2.27. The molecule has 0 aliphatic heterocycles. The van der Waals surface area contributed by atoms with E-state index in [1.807, 2.05) is 91.9 Å². The SMILES string of the molecule is Cc1ccc(NC(=O)CON=Cc2c(OCc3ccc(Cl)cc3)ccc3ccccc23)cc1. The van der Waals surface area contributed by atoms with Crippen LogP contribution in [0.1, 0.15) is 16.7 Å². The third-order valence-corrected chi connectivity index (χ3v) is 5.28. The number of aryl methyl sites for hydroxylation is 1. The number of fused-ring (bicyclic) bond motifs is 1. The van der Waals surface area contributed by atoms with Gasteiger partial charge in [0, 0.05) is 16.3 Å². The van der Waals surface area contributed by atoms with Crippen molar-refractivity contribution < 1.29 is 14.4 Å². The fourth-order valence-electron chi connectivity index (χ4n) is 3.30. The van der Waals surface area contributed by atoms with Crippen LogP contribution in [0.3, 0.4) is 0 Å². The molecule has 0 radical (unpaired) electrons. The summed E-state index contributed by atoms with van der Waals surface area (Å²) in [4.78, 5) is 17.4. The molecule has 1 N–H and O–H groups in total. The van der Waals surface area contributed by atoms with E-state index in [0.717, 1.165) is 27.5 Å². The summed E-state index contributed by atoms with van der Waals surface area (Å²) in [6.45, 7) is 2.18. The average molecular weight is 459 g/mol. The first-order valence-corrected chi connectivity index (χ1v) is 10.9. The number of hydrogen-bond acceptors (Lipinski definition) is 4. The van der Waals surface area contributed by atoms with Gasteiger partial charge in [0.15, 0.2) is 6.61 Å². The van der Waals surface area contributed by atoms with Crippen molar-refractivity contribution in [2.75, 3.05) is 11.9 Å². The molecule has 6 heteroatoms. The lowest BCUT2D eigenvalue weighted by atomic mass is 10.0. The van der Waals surface area contributed by atoms with Crippen LogP contribution >= 0.6 is 11.6 Å². The Balaban J connectivity index is 1.45. The summed E-state index contributed by atoms with van der Waals surface area (Å²) < 4.78 is 6.07. The minimum absolute atomic E-state index is 0.198. The summed E-state index contributed by atoms with van der Waals surface area (Å²) in [6, 6.07) is 26.9. The van der Waals surface area contributed by atoms with E-state index in [9.17, 15) is 4.79 Å². The monoisotopic (exact) mass is 458 g/mol. The van der Waals surface area contributed by atoms with Crippen molar-refractivity contribution in [2.45, 2.75) is 13.5 Å². The smallest absolute Gasteiger partial charge is 0.265 e. The number of carbonyl (C=O) groups excluding carboxylic acids is 1. The van der Waals surface area contributed by atoms with E-state index in [4.69, 9.17) is 21.2 Å². The van der Waals surface area contributed by atoms with Gasteiger partial charge in [0.1, 0.15) is 12.4 Å². The number of hydrogen-bond donors (Lipinski definition) is 1. The second-order valence-corrected chi connectivity index (χ2v) is 7.97. The van der Waals surface area contributed by atoms with Crippen molar-refractivity contribution in [2.24, 2.45) is 5.16 Å². The zero-order valence-electron chi connectivity index (χ0n) is 18.1. The van der Waals surface area contributed by atoms with Gasteiger partial charge in [-0.1, -0.05) is 76.9 Å². The van der Waals surface area contributed by atoms with Gasteiger partial charge in [-0.3, -0.25) is 4.79 Å². The van der Waals surface area contributed by atoms with Crippen molar-refractivity contribution in [3.8, 4) is 5.75 Å². The predicted molar refractivity (Wildman–Crippen MR) is 133 cm³/mol. The van der Waals surface area contributed by atoms with Crippen LogP contribution in [0.5, 0.6) is 5.75 Å². The first-order valence-electron chi connectivity index (χ1n) is 10.5. The van der Waals surface area contributed by atoms with Gasteiger partial charge in [0.2, 0.25) is 0 Å². The summed E-state index contributed by atoms with van der Waals surface area (Å²) in [5.41, 5.74) is 3.61. The molecule has 0 unspecified atom stereocenters. The standard InChI is InChI=1S/C27H23ClN2O3/c1-19-6-13-23(14-7-19)30-27(31)18-33-29-16-25-24-5-3-2-4-21(24)10-15-26(25)32-17-20-8-11-22(28)12-9-20/h2-16H,17-18H2,1H3,(H,30,31). The average Bonchev–Trinajstić information content (AvgIpc) is 2.83. The lowest BCUT2D eigenvalue weighted by molar-refractivity contribution is -0.120. The quantitative estimate of drug-likeness (QED) is 0.246. The Bertz CT molecular complexity index is 1270. The highest BCUT2D eigenvalue weighted by atomic mass is 35.5. The number of nitrogens with one attached hydrogen (secondary N) is 1. The van der Waals surface area contributed by atoms with Gasteiger partial charge >= 0.3 is 0 Å². The van der Waals surface area contributed by atoms with Crippen molar-refractivity contribution in [1.29, 1.82) is 0 Å². The van der Waals surface area contributed by atoms with Crippen molar-refractivity contribution >= 4 is 40.2 Å². The third-order valence-electron chi connectivity index (χ3n) is 5.03. The Morgan fingerprint density at radius 3 is 2.52 bits per heavy atom. The maximum Gasteiger partial charge on any atom is 0.265 e. The molecular weight excluding hydrogens is 436 g/mol. The van der Waals surface area contributed by atoms with Gasteiger partial charge < -0.3 is 14.9 Å². The third kappa shape index (κ3) is 6.11. The van der Waals surface area contributed by atoms with Crippen LogP contribution in [0.2, 0.25) is 5.02 Å². The molecule has 1 amide bonds. The zero-order valence-corrected chi connectivity index (χ0v) is 18.9. The normalized spacial score (nSPS) is 11.0. The first kappa shape index (κ1) is 22.4. The lowest BCUT2D eigenvalue weighted by Crippen LogP contribution is -2.16. The van der Waals surface area contributed by atoms with Gasteiger partial charge in [-0.15, -0.1) is 0 Å². The number of benzene rings is 4. The van der Waals surface area contributed by atoms with Crippen LogP contribution in [0.25, 0.3) is 10.8 Å². The molecule has 0 fully saturated rings. The van der Waals surface area contributed by atoms with E-state index in [1.165, 1.54) is 0 Å². The molecule has 0 spiro atoms. The minimum Gasteiger partial charge on any atom is -0.488 e. The summed E-state index contributed by atoms with van der Waals surface area (Å²) in [6.07, 6.45) is 1.58. The highest BCUT2D eigenvalue weighted by Gasteiger charge is 2.09. The van der Waals surface area contributed by atoms with Crippen LogP contribution in [0.15, 0.2) is 90.1 Å². The van der Waals surface area contributed by atoms with Gasteiger partial charge in [-0.25, -0.2) is 0 Å². The summed E-state index contributed by atoms with van der Waals surface area (Å²) in [7, 11) is 0. The van der Waals surface area contributed by atoms with Gasteiger partial charge in [-0.05, 0) is 53.6 Å². The molecule has 4 aromatic rings. The molecule has 0 aliphatic carbocycles. The highest BCUT2D eigenvalue weighted by molar-refractivity contribution is 6.30. The zero-order chi connectivity index (χ0) is 23.0. The summed E-state index contributed by atoms with van der Waals surface area (Å²) in [5.74, 6) is 0.383. The van der Waals surface area contributed by atoms with E-state index in [2.05, 4.69) is 10.5 Å². The van der Waals surface area contributed by atoms with Crippen molar-refractivity contribution in [3.63, 3.8) is 0 Å². The molecule has 166 valence electrons. The number of amides is 1. The predicted octanol–water partition coefficient (Wildman–Crippen LogP) is 6.37. The fourth-order valence-corrected chi connectivity index (χ4v) is 3.42. The molecule has 0 heterocycles. The fraction of sp³-hybridized carbons (Fsp3) is 0.111. The maximum absolute atomic E-state index is 12.1. The minimum atomic E-state index is -0.284. The van der Waals surface area contributed by atoms with E-state index >= 15 is 0 Å². The van der Waals surface area contributed by atoms with Crippen LogP contribution in [-0.2, 0) is 16.2 Å². The molecule has 0 atom stereocenters. The lowest BCUT2D eigenvalue weighted by Gasteiger charge is -2.12. The summed E-state index contributed by atoms with van der Waals surface area (Å²) >= 11 is 5.96. The second kappa shape index (κ2) is 10.7. The van der Waals surface area contributed by atoms with Gasteiger partial charge in [0.05, 0.1) is 6.21 Å². The number of ether oxygens (including phenoxy) is 1. The van der Waals surface area contributed by atoms with E-state index in [-0.39, 0.29) is 12.5 Å². The Kier molecular flexibility index (Phi) is 7.22. The molecule has 0 aliphatic rings. The van der Waals surface area contributed by atoms with Crippen molar-refractivity contribution in [1.82, 2.24) is 0 Å². The van der Waals surface area contributed by atoms with Gasteiger partial charge in [0.25, 0.3) is 5.91 Å². The molecular formula is C27H23ClN2O3. The molecule has 0 bridgehead atoms. The molecule has 0 saturated heterocycles. The van der Waals surface area contributed by atoms with E-state index in [0.29, 0.717) is 23.1 Å². The van der Waals surface area contributed by atoms with Crippen LogP contribution in [0.4, 0.5) is 5.69 Å². The summed E-state index contributed by atoms with van der Waals surface area (Å²) in [5, 5.41) is 9.52. The Morgan fingerprint density at radius 1 is 0.970 bits per heavy atom. The number of anilines is 1.